The predicted molar refractivity (Wildman–Crippen MR) is 81.9 cm³/mol. The molecule has 2 aliphatic heterocycles. The zero-order chi connectivity index (χ0) is 15.8. The first-order valence-corrected chi connectivity index (χ1v) is 7.78. The van der Waals surface area contributed by atoms with Crippen LogP contribution in [-0.4, -0.2) is 62.7 Å². The third kappa shape index (κ3) is 2.48. The summed E-state index contributed by atoms with van der Waals surface area (Å²) < 4.78 is 13.4. The number of hydrogen-bond acceptors (Lipinski definition) is 7. The Morgan fingerprint density at radius 1 is 1.22 bits per heavy atom. The first-order chi connectivity index (χ1) is 11.3. The van der Waals surface area contributed by atoms with Crippen LogP contribution in [0.25, 0.3) is 11.4 Å². The summed E-state index contributed by atoms with van der Waals surface area (Å²) >= 11 is 0. The highest BCUT2D eigenvalue weighted by atomic mass is 16.6. The quantitative estimate of drug-likeness (QED) is 0.846. The summed E-state index contributed by atoms with van der Waals surface area (Å²) in [5.74, 6) is 1.37. The van der Waals surface area contributed by atoms with Gasteiger partial charge in [0.25, 0.3) is 0 Å². The topological polar surface area (TPSA) is 94.3 Å². The van der Waals surface area contributed by atoms with Gasteiger partial charge in [0.15, 0.2) is 0 Å². The van der Waals surface area contributed by atoms with E-state index in [1.807, 2.05) is 17.7 Å². The molecular weight excluding hydrogens is 298 g/mol. The first kappa shape index (κ1) is 14.6. The third-order valence-corrected chi connectivity index (χ3v) is 4.27. The van der Waals surface area contributed by atoms with E-state index in [2.05, 4.69) is 20.3 Å². The van der Waals surface area contributed by atoms with Gasteiger partial charge in [0.2, 0.25) is 5.95 Å². The zero-order valence-electron chi connectivity index (χ0n) is 12.8. The van der Waals surface area contributed by atoms with Crippen LogP contribution >= 0.6 is 0 Å². The lowest BCUT2D eigenvalue weighted by Gasteiger charge is -2.19. The van der Waals surface area contributed by atoms with Gasteiger partial charge in [-0.2, -0.15) is 0 Å². The summed E-state index contributed by atoms with van der Waals surface area (Å²) in [6, 6.07) is -0.0110. The molecule has 122 valence electrons. The van der Waals surface area contributed by atoms with Crippen LogP contribution in [0.5, 0.6) is 0 Å². The molecular formula is C15H19N5O3. The van der Waals surface area contributed by atoms with E-state index in [1.54, 1.807) is 18.6 Å². The van der Waals surface area contributed by atoms with Crippen molar-refractivity contribution in [3.8, 4) is 11.4 Å². The van der Waals surface area contributed by atoms with Crippen LogP contribution in [0.4, 0.5) is 5.95 Å². The molecule has 8 nitrogen and oxygen atoms in total. The molecule has 2 aliphatic rings. The number of imidazole rings is 1. The van der Waals surface area contributed by atoms with Crippen molar-refractivity contribution in [2.45, 2.75) is 31.3 Å². The molecule has 0 amide bonds. The molecule has 0 unspecified atom stereocenters. The second-order valence-electron chi connectivity index (χ2n) is 5.71. The van der Waals surface area contributed by atoms with Gasteiger partial charge in [0, 0.05) is 31.3 Å². The van der Waals surface area contributed by atoms with Gasteiger partial charge in [-0.25, -0.2) is 15.0 Å². The molecule has 4 rings (SSSR count). The highest BCUT2D eigenvalue weighted by Gasteiger charge is 2.48. The molecule has 0 aromatic carbocycles. The fourth-order valence-corrected chi connectivity index (χ4v) is 3.19. The molecule has 4 atom stereocenters. The summed E-state index contributed by atoms with van der Waals surface area (Å²) in [7, 11) is 0. The monoisotopic (exact) mass is 317 g/mol. The minimum Gasteiger partial charge on any atom is -0.388 e. The number of hydrogen-bond donors (Lipinski definition) is 2. The van der Waals surface area contributed by atoms with Crippen molar-refractivity contribution in [1.29, 1.82) is 0 Å². The second-order valence-corrected chi connectivity index (χ2v) is 5.71. The number of aliphatic hydroxyl groups is 1. The van der Waals surface area contributed by atoms with Crippen LogP contribution in [0, 0.1) is 0 Å². The zero-order valence-corrected chi connectivity index (χ0v) is 12.8. The standard InChI is InChI=1S/C15H19N5O3/c1-2-16-15-18-5-9(6-19-15)14-17-3-4-20(14)10-7-22-13-11(21)8-23-12(10)13/h3-6,10-13,21H,2,7-8H2,1H3,(H,16,18,19)/t10-,11-,12-,13-/m1/s1. The maximum atomic E-state index is 9.88. The van der Waals surface area contributed by atoms with Crippen LogP contribution in [0.1, 0.15) is 13.0 Å². The molecule has 0 aliphatic carbocycles. The van der Waals surface area contributed by atoms with Crippen molar-refractivity contribution < 1.29 is 14.6 Å². The minimum absolute atomic E-state index is 0.0110. The highest BCUT2D eigenvalue weighted by molar-refractivity contribution is 5.54. The Labute approximate surface area is 133 Å². The van der Waals surface area contributed by atoms with Gasteiger partial charge in [-0.3, -0.25) is 0 Å². The summed E-state index contributed by atoms with van der Waals surface area (Å²) in [4.78, 5) is 13.0. The van der Waals surface area contributed by atoms with Crippen molar-refractivity contribution in [2.24, 2.45) is 0 Å². The van der Waals surface area contributed by atoms with Crippen LogP contribution in [0.2, 0.25) is 0 Å². The Morgan fingerprint density at radius 3 is 2.78 bits per heavy atom. The highest BCUT2D eigenvalue weighted by Crippen LogP contribution is 2.36. The average molecular weight is 317 g/mol. The molecule has 0 radical (unpaired) electrons. The summed E-state index contributed by atoms with van der Waals surface area (Å²) in [5, 5.41) is 12.9. The molecule has 4 heterocycles. The van der Waals surface area contributed by atoms with Gasteiger partial charge in [-0.05, 0) is 6.92 Å². The molecule has 23 heavy (non-hydrogen) atoms. The van der Waals surface area contributed by atoms with Gasteiger partial charge in [0.05, 0.1) is 24.8 Å². The number of aliphatic hydroxyl groups excluding tert-OH is 1. The Hall–Kier alpha value is -2.03. The molecule has 2 aromatic rings. The molecule has 0 spiro atoms. The van der Waals surface area contributed by atoms with E-state index < -0.39 is 6.10 Å². The molecule has 2 fully saturated rings. The lowest BCUT2D eigenvalue weighted by atomic mass is 10.1. The maximum Gasteiger partial charge on any atom is 0.222 e. The number of nitrogens with zero attached hydrogens (tertiary/aromatic N) is 4. The first-order valence-electron chi connectivity index (χ1n) is 7.78. The van der Waals surface area contributed by atoms with Crippen LogP contribution < -0.4 is 5.32 Å². The van der Waals surface area contributed by atoms with E-state index in [0.29, 0.717) is 19.2 Å². The van der Waals surface area contributed by atoms with E-state index in [-0.39, 0.29) is 18.2 Å². The van der Waals surface area contributed by atoms with E-state index >= 15 is 0 Å². The SMILES string of the molecule is CCNc1ncc(-c2nccn2[C@@H]2CO[C@H]3[C@@H]2OC[C@H]3O)cn1. The fraction of sp³-hybridized carbons (Fsp3) is 0.533. The van der Waals surface area contributed by atoms with Crippen molar-refractivity contribution in [1.82, 2.24) is 19.5 Å². The average Bonchev–Trinajstić information content (AvgIpc) is 3.26. The lowest BCUT2D eigenvalue weighted by Crippen LogP contribution is -2.30. The number of rotatable bonds is 4. The Morgan fingerprint density at radius 2 is 2.00 bits per heavy atom. The molecule has 2 saturated heterocycles. The van der Waals surface area contributed by atoms with Gasteiger partial charge in [-0.15, -0.1) is 0 Å². The van der Waals surface area contributed by atoms with Crippen molar-refractivity contribution >= 4 is 5.95 Å². The lowest BCUT2D eigenvalue weighted by molar-refractivity contribution is 0.0172. The fourth-order valence-electron chi connectivity index (χ4n) is 3.19. The second kappa shape index (κ2) is 5.88. The number of fused-ring (bicyclic) bond motifs is 1. The summed E-state index contributed by atoms with van der Waals surface area (Å²) in [6.07, 6.45) is 6.18. The van der Waals surface area contributed by atoms with E-state index in [9.17, 15) is 5.11 Å². The number of ether oxygens (including phenoxy) is 2. The van der Waals surface area contributed by atoms with Crippen molar-refractivity contribution in [2.75, 3.05) is 25.1 Å². The van der Waals surface area contributed by atoms with Crippen LogP contribution in [0.15, 0.2) is 24.8 Å². The maximum absolute atomic E-state index is 9.88. The normalized spacial score (nSPS) is 29.7. The Bertz CT molecular complexity index is 674. The molecule has 0 saturated carbocycles. The molecule has 8 heteroatoms. The molecule has 0 bridgehead atoms. The van der Waals surface area contributed by atoms with E-state index in [1.165, 1.54) is 0 Å². The predicted octanol–water partition coefficient (Wildman–Crippen LogP) is 0.471. The van der Waals surface area contributed by atoms with Gasteiger partial charge in [-0.1, -0.05) is 0 Å². The molecule has 2 N–H and O–H groups in total. The van der Waals surface area contributed by atoms with Crippen LogP contribution in [-0.2, 0) is 9.47 Å². The number of anilines is 1. The largest absolute Gasteiger partial charge is 0.388 e. The third-order valence-electron chi connectivity index (χ3n) is 4.27. The molecule has 2 aromatic heterocycles. The summed E-state index contributed by atoms with van der Waals surface area (Å²) in [6.45, 7) is 3.58. The Kier molecular flexibility index (Phi) is 3.72. The minimum atomic E-state index is -0.556. The summed E-state index contributed by atoms with van der Waals surface area (Å²) in [5.41, 5.74) is 0.832. The van der Waals surface area contributed by atoms with E-state index in [4.69, 9.17) is 9.47 Å². The Balaban J connectivity index is 1.61. The van der Waals surface area contributed by atoms with E-state index in [0.717, 1.165) is 17.9 Å². The van der Waals surface area contributed by atoms with Gasteiger partial charge in [0.1, 0.15) is 24.1 Å². The number of nitrogens with one attached hydrogen (secondary N) is 1. The smallest absolute Gasteiger partial charge is 0.222 e. The number of aromatic nitrogens is 4. The van der Waals surface area contributed by atoms with Gasteiger partial charge < -0.3 is 24.5 Å². The van der Waals surface area contributed by atoms with Crippen LogP contribution in [0.3, 0.4) is 0 Å². The van der Waals surface area contributed by atoms with Crippen molar-refractivity contribution in [3.63, 3.8) is 0 Å². The van der Waals surface area contributed by atoms with Gasteiger partial charge >= 0.3 is 0 Å². The van der Waals surface area contributed by atoms with Crippen molar-refractivity contribution in [3.05, 3.63) is 24.8 Å².